The Bertz CT molecular complexity index is 207. The monoisotopic (exact) mass is 196 g/mol. The largest absolute Gasteiger partial charge is 0.380 e. The number of piperidine rings is 1. The van der Waals surface area contributed by atoms with Crippen molar-refractivity contribution in [1.29, 1.82) is 0 Å². The molecule has 80 valence electrons. The number of hydrogen-bond acceptors (Lipinski definition) is 3. The van der Waals surface area contributed by atoms with Gasteiger partial charge in [0.25, 0.3) is 0 Å². The van der Waals surface area contributed by atoms with Crippen LogP contribution in [0.15, 0.2) is 0 Å². The van der Waals surface area contributed by atoms with Crippen molar-refractivity contribution in [3.05, 3.63) is 0 Å². The second-order valence-electron chi connectivity index (χ2n) is 4.97. The Kier molecular flexibility index (Phi) is 2.26. The molecule has 3 aliphatic heterocycles. The minimum atomic E-state index is 0.524. The van der Waals surface area contributed by atoms with E-state index in [-0.39, 0.29) is 0 Å². The number of ether oxygens (including phenoxy) is 1. The Morgan fingerprint density at radius 1 is 1.36 bits per heavy atom. The molecule has 3 rings (SSSR count). The van der Waals surface area contributed by atoms with Crippen molar-refractivity contribution in [2.45, 2.75) is 37.3 Å². The van der Waals surface area contributed by atoms with Crippen molar-refractivity contribution in [2.24, 2.45) is 0 Å². The highest BCUT2D eigenvalue weighted by atomic mass is 16.5. The summed E-state index contributed by atoms with van der Waals surface area (Å²) >= 11 is 0. The molecule has 0 amide bonds. The maximum atomic E-state index is 5.49. The number of nitrogens with one attached hydrogen (secondary N) is 1. The zero-order valence-electron chi connectivity index (χ0n) is 8.80. The molecule has 3 heterocycles. The van der Waals surface area contributed by atoms with Crippen LogP contribution < -0.4 is 5.32 Å². The van der Waals surface area contributed by atoms with Crippen LogP contribution in [0.3, 0.4) is 0 Å². The van der Waals surface area contributed by atoms with Crippen molar-refractivity contribution < 1.29 is 4.74 Å². The quantitative estimate of drug-likeness (QED) is 0.665. The third kappa shape index (κ3) is 1.30. The maximum Gasteiger partial charge on any atom is 0.0622 e. The van der Waals surface area contributed by atoms with E-state index in [1.54, 1.807) is 0 Å². The van der Waals surface area contributed by atoms with Gasteiger partial charge in [-0.25, -0.2) is 0 Å². The number of likely N-dealkylation sites (tertiary alicyclic amines) is 1. The van der Waals surface area contributed by atoms with Gasteiger partial charge in [-0.15, -0.1) is 0 Å². The molecule has 0 aliphatic carbocycles. The summed E-state index contributed by atoms with van der Waals surface area (Å²) in [5, 5.41) is 3.55. The zero-order chi connectivity index (χ0) is 9.43. The van der Waals surface area contributed by atoms with E-state index in [0.29, 0.717) is 5.54 Å². The van der Waals surface area contributed by atoms with Gasteiger partial charge < -0.3 is 10.1 Å². The van der Waals surface area contributed by atoms with E-state index in [1.165, 1.54) is 45.3 Å². The molecule has 0 aromatic rings. The second-order valence-corrected chi connectivity index (χ2v) is 4.97. The van der Waals surface area contributed by atoms with Crippen LogP contribution >= 0.6 is 0 Å². The minimum Gasteiger partial charge on any atom is -0.380 e. The molecule has 0 saturated carbocycles. The van der Waals surface area contributed by atoms with E-state index < -0.39 is 0 Å². The molecule has 1 spiro atoms. The predicted molar refractivity (Wildman–Crippen MR) is 55.4 cm³/mol. The van der Waals surface area contributed by atoms with Gasteiger partial charge in [0.1, 0.15) is 0 Å². The Balaban J connectivity index is 1.68. The summed E-state index contributed by atoms with van der Waals surface area (Å²) in [6, 6.07) is 0.726. The second kappa shape index (κ2) is 3.47. The van der Waals surface area contributed by atoms with Crippen LogP contribution in [0.4, 0.5) is 0 Å². The number of hydrogen-bond donors (Lipinski definition) is 1. The lowest BCUT2D eigenvalue weighted by Crippen LogP contribution is -2.69. The van der Waals surface area contributed by atoms with Gasteiger partial charge in [-0.2, -0.15) is 0 Å². The first-order valence-corrected chi connectivity index (χ1v) is 5.96. The molecule has 3 aliphatic rings. The Morgan fingerprint density at radius 3 is 2.93 bits per heavy atom. The lowest BCUT2D eigenvalue weighted by Gasteiger charge is -2.57. The third-order valence-electron chi connectivity index (χ3n) is 4.22. The molecule has 3 nitrogen and oxygen atoms in total. The molecular weight excluding hydrogens is 176 g/mol. The molecule has 2 atom stereocenters. The Morgan fingerprint density at radius 2 is 2.36 bits per heavy atom. The van der Waals surface area contributed by atoms with Gasteiger partial charge in [-0.3, -0.25) is 4.90 Å². The van der Waals surface area contributed by atoms with Gasteiger partial charge in [-0.05, 0) is 32.2 Å². The molecule has 3 heteroatoms. The normalized spacial score (nSPS) is 44.1. The van der Waals surface area contributed by atoms with Gasteiger partial charge in [0, 0.05) is 31.3 Å². The first-order chi connectivity index (χ1) is 6.91. The molecule has 0 bridgehead atoms. The van der Waals surface area contributed by atoms with E-state index in [0.717, 1.165) is 19.3 Å². The summed E-state index contributed by atoms with van der Waals surface area (Å²) in [7, 11) is 0. The minimum absolute atomic E-state index is 0.524. The van der Waals surface area contributed by atoms with E-state index in [9.17, 15) is 0 Å². The fraction of sp³-hybridized carbons (Fsp3) is 1.00. The smallest absolute Gasteiger partial charge is 0.0622 e. The standard InChI is InChI=1S/C11H20N2O/c1-3-11(9-12-5-1)4-6-13(11)10-2-7-14-8-10/h10,12H,1-9H2/t10-,11-/m0/s1. The summed E-state index contributed by atoms with van der Waals surface area (Å²) < 4.78 is 5.49. The molecule has 0 aromatic carbocycles. The van der Waals surface area contributed by atoms with E-state index in [4.69, 9.17) is 4.74 Å². The summed E-state index contributed by atoms with van der Waals surface area (Å²) in [5.74, 6) is 0. The van der Waals surface area contributed by atoms with E-state index >= 15 is 0 Å². The Hall–Kier alpha value is -0.120. The first-order valence-electron chi connectivity index (χ1n) is 5.96. The van der Waals surface area contributed by atoms with Crippen LogP contribution in [0.25, 0.3) is 0 Å². The van der Waals surface area contributed by atoms with Crippen molar-refractivity contribution in [2.75, 3.05) is 32.8 Å². The average Bonchev–Trinajstić information content (AvgIpc) is 2.71. The highest BCUT2D eigenvalue weighted by Crippen LogP contribution is 2.39. The molecule has 3 fully saturated rings. The molecule has 0 radical (unpaired) electrons. The number of nitrogens with zero attached hydrogens (tertiary/aromatic N) is 1. The molecular formula is C11H20N2O. The molecule has 0 aromatic heterocycles. The molecule has 3 saturated heterocycles. The zero-order valence-corrected chi connectivity index (χ0v) is 8.80. The van der Waals surface area contributed by atoms with E-state index in [1.807, 2.05) is 0 Å². The van der Waals surface area contributed by atoms with Crippen LogP contribution in [0.2, 0.25) is 0 Å². The predicted octanol–water partition coefficient (Wildman–Crippen LogP) is 0.603. The molecule has 14 heavy (non-hydrogen) atoms. The van der Waals surface area contributed by atoms with Crippen LogP contribution in [-0.4, -0.2) is 49.3 Å². The van der Waals surface area contributed by atoms with Crippen LogP contribution in [0.5, 0.6) is 0 Å². The SMILES string of the molecule is C1CNC[C@]2(C1)CCN2[C@H]1CCOC1. The summed E-state index contributed by atoms with van der Waals surface area (Å²) in [6.07, 6.45) is 5.40. The fourth-order valence-electron chi connectivity index (χ4n) is 3.31. The van der Waals surface area contributed by atoms with Crippen LogP contribution in [-0.2, 0) is 4.74 Å². The number of rotatable bonds is 1. The van der Waals surface area contributed by atoms with Gasteiger partial charge in [0.05, 0.1) is 6.61 Å². The lowest BCUT2D eigenvalue weighted by molar-refractivity contribution is -0.0653. The van der Waals surface area contributed by atoms with E-state index in [2.05, 4.69) is 10.2 Å². The molecule has 0 unspecified atom stereocenters. The summed E-state index contributed by atoms with van der Waals surface area (Å²) in [5.41, 5.74) is 0.524. The van der Waals surface area contributed by atoms with Crippen LogP contribution in [0, 0.1) is 0 Å². The third-order valence-corrected chi connectivity index (χ3v) is 4.22. The lowest BCUT2D eigenvalue weighted by atomic mass is 9.77. The van der Waals surface area contributed by atoms with Gasteiger partial charge in [-0.1, -0.05) is 0 Å². The maximum absolute atomic E-state index is 5.49. The van der Waals surface area contributed by atoms with Gasteiger partial charge >= 0.3 is 0 Å². The average molecular weight is 196 g/mol. The fourth-order valence-corrected chi connectivity index (χ4v) is 3.31. The Labute approximate surface area is 85.8 Å². The van der Waals surface area contributed by atoms with Crippen molar-refractivity contribution in [3.63, 3.8) is 0 Å². The van der Waals surface area contributed by atoms with Crippen molar-refractivity contribution in [1.82, 2.24) is 10.2 Å². The van der Waals surface area contributed by atoms with Crippen molar-refractivity contribution >= 4 is 0 Å². The highest BCUT2D eigenvalue weighted by Gasteiger charge is 2.48. The van der Waals surface area contributed by atoms with Crippen molar-refractivity contribution in [3.8, 4) is 0 Å². The topological polar surface area (TPSA) is 24.5 Å². The first kappa shape index (κ1) is 9.13. The van der Waals surface area contributed by atoms with Gasteiger partial charge in [0.2, 0.25) is 0 Å². The summed E-state index contributed by atoms with van der Waals surface area (Å²) in [6.45, 7) is 5.68. The van der Waals surface area contributed by atoms with Crippen LogP contribution in [0.1, 0.15) is 25.7 Å². The summed E-state index contributed by atoms with van der Waals surface area (Å²) in [4.78, 5) is 2.71. The highest BCUT2D eigenvalue weighted by molar-refractivity contribution is 5.05. The van der Waals surface area contributed by atoms with Gasteiger partial charge in [0.15, 0.2) is 0 Å². The molecule has 1 N–H and O–H groups in total.